The molecular weight excluding hydrogens is 500 g/mol. The van der Waals surface area contributed by atoms with Crippen molar-refractivity contribution in [3.05, 3.63) is 55.9 Å². The first-order valence-corrected chi connectivity index (χ1v) is 13.6. The molecule has 0 spiro atoms. The van der Waals surface area contributed by atoms with Crippen LogP contribution in [0.3, 0.4) is 0 Å². The number of aromatic nitrogens is 2. The molecular formula is C25H35BrN4O2S. The molecule has 0 saturated carbocycles. The van der Waals surface area contributed by atoms with Crippen molar-refractivity contribution in [1.29, 1.82) is 0 Å². The van der Waals surface area contributed by atoms with Gasteiger partial charge in [0.15, 0.2) is 5.16 Å². The van der Waals surface area contributed by atoms with E-state index in [4.69, 9.17) is 4.98 Å². The average Bonchev–Trinajstić information content (AvgIpc) is 2.81. The average molecular weight is 536 g/mol. The minimum Gasteiger partial charge on any atom is -0.355 e. The van der Waals surface area contributed by atoms with Gasteiger partial charge in [-0.3, -0.25) is 14.2 Å². The monoisotopic (exact) mass is 534 g/mol. The highest BCUT2D eigenvalue weighted by Gasteiger charge is 2.13. The van der Waals surface area contributed by atoms with Crippen molar-refractivity contribution in [1.82, 2.24) is 19.8 Å². The summed E-state index contributed by atoms with van der Waals surface area (Å²) >= 11 is 5.03. The first kappa shape index (κ1) is 26.0. The third-order valence-electron chi connectivity index (χ3n) is 6.07. The molecule has 1 saturated heterocycles. The molecule has 180 valence electrons. The van der Waals surface area contributed by atoms with E-state index in [1.165, 1.54) is 19.3 Å². The highest BCUT2D eigenvalue weighted by Crippen LogP contribution is 2.19. The van der Waals surface area contributed by atoms with Crippen LogP contribution in [0.2, 0.25) is 0 Å². The fourth-order valence-corrected chi connectivity index (χ4v) is 5.32. The predicted octanol–water partition coefficient (Wildman–Crippen LogP) is 4.31. The number of hydrogen-bond donors (Lipinski definition) is 1. The highest BCUT2D eigenvalue weighted by molar-refractivity contribution is 9.10. The van der Waals surface area contributed by atoms with E-state index in [1.807, 2.05) is 31.2 Å². The smallest absolute Gasteiger partial charge is 0.257 e. The third-order valence-corrected chi connectivity index (χ3v) is 7.72. The molecule has 1 amide bonds. The van der Waals surface area contributed by atoms with E-state index in [1.54, 1.807) is 23.4 Å². The first-order chi connectivity index (χ1) is 15.9. The lowest BCUT2D eigenvalue weighted by atomic mass is 10.1. The molecule has 8 heteroatoms. The minimum absolute atomic E-state index is 0.0148. The second kappa shape index (κ2) is 13.3. The van der Waals surface area contributed by atoms with Gasteiger partial charge < -0.3 is 10.2 Å². The number of carbonyl (C=O) groups excluding carboxylic acids is 1. The Kier molecular flexibility index (Phi) is 10.5. The van der Waals surface area contributed by atoms with Crippen molar-refractivity contribution >= 4 is 33.6 Å². The van der Waals surface area contributed by atoms with E-state index >= 15 is 0 Å². The lowest BCUT2D eigenvalue weighted by Gasteiger charge is -2.26. The summed E-state index contributed by atoms with van der Waals surface area (Å²) in [5.41, 5.74) is 2.64. The molecule has 1 N–H and O–H groups in total. The van der Waals surface area contributed by atoms with Crippen LogP contribution in [0.15, 0.2) is 38.7 Å². The molecule has 0 aliphatic carbocycles. The minimum atomic E-state index is 0.0148. The maximum atomic E-state index is 12.9. The summed E-state index contributed by atoms with van der Waals surface area (Å²) in [6, 6.07) is 8.02. The van der Waals surface area contributed by atoms with E-state index in [2.05, 4.69) is 26.1 Å². The van der Waals surface area contributed by atoms with Crippen molar-refractivity contribution in [2.24, 2.45) is 7.05 Å². The Morgan fingerprint density at radius 3 is 2.61 bits per heavy atom. The van der Waals surface area contributed by atoms with Gasteiger partial charge in [-0.1, -0.05) is 46.2 Å². The standard InChI is InChI=1S/C25H35BrN4O2S/c1-19-22(18-20-9-11-21(26)12-10-20)24(32)29(2)25(28-19)33-17-7-4-8-23(31)27-13-16-30-14-5-3-6-15-30/h9-12H,3-8,13-18H2,1-2H3,(H,27,31). The van der Waals surface area contributed by atoms with Gasteiger partial charge in [-0.25, -0.2) is 4.98 Å². The molecule has 3 rings (SSSR count). The van der Waals surface area contributed by atoms with Gasteiger partial charge in [0, 0.05) is 54.5 Å². The summed E-state index contributed by atoms with van der Waals surface area (Å²) in [4.78, 5) is 32.1. The van der Waals surface area contributed by atoms with Crippen LogP contribution in [0.1, 0.15) is 55.3 Å². The molecule has 1 aliphatic heterocycles. The van der Waals surface area contributed by atoms with Crippen LogP contribution in [-0.4, -0.2) is 52.3 Å². The van der Waals surface area contributed by atoms with E-state index in [-0.39, 0.29) is 11.5 Å². The molecule has 2 aromatic rings. The molecule has 0 bridgehead atoms. The fourth-order valence-electron chi connectivity index (χ4n) is 4.04. The van der Waals surface area contributed by atoms with Crippen LogP contribution < -0.4 is 10.9 Å². The van der Waals surface area contributed by atoms with Crippen molar-refractivity contribution in [3.8, 4) is 0 Å². The Morgan fingerprint density at radius 1 is 1.15 bits per heavy atom. The first-order valence-electron chi connectivity index (χ1n) is 11.9. The van der Waals surface area contributed by atoms with Crippen molar-refractivity contribution in [3.63, 3.8) is 0 Å². The van der Waals surface area contributed by atoms with E-state index in [9.17, 15) is 9.59 Å². The number of benzene rings is 1. The lowest BCUT2D eigenvalue weighted by Crippen LogP contribution is -2.37. The summed E-state index contributed by atoms with van der Waals surface area (Å²) < 4.78 is 2.68. The van der Waals surface area contributed by atoms with E-state index < -0.39 is 0 Å². The number of halogens is 1. The Labute approximate surface area is 209 Å². The summed E-state index contributed by atoms with van der Waals surface area (Å²) in [6.07, 6.45) is 6.78. The van der Waals surface area contributed by atoms with Gasteiger partial charge in [0.2, 0.25) is 5.91 Å². The van der Waals surface area contributed by atoms with Crippen LogP contribution in [0.5, 0.6) is 0 Å². The van der Waals surface area contributed by atoms with Crippen molar-refractivity contribution in [2.75, 3.05) is 31.9 Å². The number of piperidine rings is 1. The molecule has 0 atom stereocenters. The van der Waals surface area contributed by atoms with Gasteiger partial charge >= 0.3 is 0 Å². The van der Waals surface area contributed by atoms with Crippen LogP contribution >= 0.6 is 27.7 Å². The Hall–Kier alpha value is -1.64. The third kappa shape index (κ3) is 8.26. The van der Waals surface area contributed by atoms with E-state index in [0.717, 1.165) is 71.2 Å². The molecule has 0 radical (unpaired) electrons. The number of nitrogens with one attached hydrogen (secondary N) is 1. The van der Waals surface area contributed by atoms with Crippen molar-refractivity contribution < 1.29 is 4.79 Å². The molecule has 1 aliphatic rings. The fraction of sp³-hybridized carbons (Fsp3) is 0.560. The predicted molar refractivity (Wildman–Crippen MR) is 139 cm³/mol. The largest absolute Gasteiger partial charge is 0.355 e. The number of amides is 1. The molecule has 2 heterocycles. The Balaban J connectivity index is 1.39. The SMILES string of the molecule is Cc1nc(SCCCCC(=O)NCCN2CCCCC2)n(C)c(=O)c1Cc1ccc(Br)cc1. The van der Waals surface area contributed by atoms with Gasteiger partial charge in [-0.15, -0.1) is 0 Å². The molecule has 1 fully saturated rings. The van der Waals surface area contributed by atoms with Crippen LogP contribution in [-0.2, 0) is 18.3 Å². The maximum Gasteiger partial charge on any atom is 0.257 e. The number of carbonyl (C=O) groups is 1. The maximum absolute atomic E-state index is 12.9. The lowest BCUT2D eigenvalue weighted by molar-refractivity contribution is -0.121. The number of hydrogen-bond acceptors (Lipinski definition) is 5. The van der Waals surface area contributed by atoms with Gasteiger partial charge in [-0.05, 0) is 63.4 Å². The number of rotatable bonds is 11. The molecule has 0 unspecified atom stereocenters. The van der Waals surface area contributed by atoms with E-state index in [0.29, 0.717) is 12.8 Å². The van der Waals surface area contributed by atoms with Gasteiger partial charge in [0.05, 0.1) is 0 Å². The topological polar surface area (TPSA) is 67.2 Å². The zero-order chi connectivity index (χ0) is 23.6. The van der Waals surface area contributed by atoms with Crippen LogP contribution in [0.4, 0.5) is 0 Å². The normalized spacial score (nSPS) is 14.4. The summed E-state index contributed by atoms with van der Waals surface area (Å²) in [5, 5.41) is 3.78. The van der Waals surface area contributed by atoms with Gasteiger partial charge in [-0.2, -0.15) is 0 Å². The highest BCUT2D eigenvalue weighted by atomic mass is 79.9. The number of nitrogens with zero attached hydrogens (tertiary/aromatic N) is 3. The van der Waals surface area contributed by atoms with Gasteiger partial charge in [0.25, 0.3) is 5.56 Å². The number of likely N-dealkylation sites (tertiary alicyclic amines) is 1. The van der Waals surface area contributed by atoms with Crippen molar-refractivity contribution in [2.45, 2.75) is 57.0 Å². The number of aryl methyl sites for hydroxylation is 1. The van der Waals surface area contributed by atoms with Gasteiger partial charge in [0.1, 0.15) is 0 Å². The number of unbranched alkanes of at least 4 members (excludes halogenated alkanes) is 1. The second-order valence-electron chi connectivity index (χ2n) is 8.68. The second-order valence-corrected chi connectivity index (χ2v) is 10.7. The Morgan fingerprint density at radius 2 is 1.88 bits per heavy atom. The molecule has 6 nitrogen and oxygen atoms in total. The zero-order valence-corrected chi connectivity index (χ0v) is 22.1. The molecule has 1 aromatic heterocycles. The summed E-state index contributed by atoms with van der Waals surface area (Å²) in [6.45, 7) is 5.93. The molecule has 1 aromatic carbocycles. The van der Waals surface area contributed by atoms with Crippen LogP contribution in [0, 0.1) is 6.92 Å². The number of thioether (sulfide) groups is 1. The Bertz CT molecular complexity index is 972. The zero-order valence-electron chi connectivity index (χ0n) is 19.7. The quantitative estimate of drug-likeness (QED) is 0.264. The molecule has 33 heavy (non-hydrogen) atoms. The van der Waals surface area contributed by atoms with Crippen LogP contribution in [0.25, 0.3) is 0 Å². The summed E-state index contributed by atoms with van der Waals surface area (Å²) in [7, 11) is 1.79. The summed E-state index contributed by atoms with van der Waals surface area (Å²) in [5.74, 6) is 0.975.